The molecular weight excluding hydrogens is 518 g/mol. The highest BCUT2D eigenvalue weighted by atomic mass is 16.4. The zero-order valence-electron chi connectivity index (χ0n) is 23.4. The van der Waals surface area contributed by atoms with Crippen molar-refractivity contribution >= 4 is 40.6 Å². The number of nitrogens with two attached hydrogens (primary N) is 1. The average Bonchev–Trinajstić information content (AvgIpc) is 3.27. The Hall–Kier alpha value is -3.93. The van der Waals surface area contributed by atoms with E-state index in [0.29, 0.717) is 6.42 Å². The molecule has 12 nitrogen and oxygen atoms in total. The van der Waals surface area contributed by atoms with Crippen LogP contribution in [-0.2, 0) is 30.4 Å². The fourth-order valence-corrected chi connectivity index (χ4v) is 4.40. The maximum absolute atomic E-state index is 13.6. The first-order valence-corrected chi connectivity index (χ1v) is 13.4. The molecule has 40 heavy (non-hydrogen) atoms. The number of benzene rings is 1. The van der Waals surface area contributed by atoms with Crippen molar-refractivity contribution in [1.82, 2.24) is 20.9 Å². The van der Waals surface area contributed by atoms with E-state index in [1.54, 1.807) is 6.20 Å². The van der Waals surface area contributed by atoms with Gasteiger partial charge >= 0.3 is 11.9 Å². The quantitative estimate of drug-likeness (QED) is 0.160. The van der Waals surface area contributed by atoms with Crippen molar-refractivity contribution in [3.05, 3.63) is 36.0 Å². The van der Waals surface area contributed by atoms with Crippen LogP contribution in [0.3, 0.4) is 0 Å². The first-order chi connectivity index (χ1) is 18.8. The number of carboxylic acids is 2. The highest BCUT2D eigenvalue weighted by Gasteiger charge is 2.31. The molecule has 12 heteroatoms. The van der Waals surface area contributed by atoms with Crippen LogP contribution in [0.1, 0.15) is 58.9 Å². The molecule has 4 unspecified atom stereocenters. The van der Waals surface area contributed by atoms with Crippen LogP contribution in [0, 0.1) is 11.8 Å². The van der Waals surface area contributed by atoms with E-state index in [-0.39, 0.29) is 31.1 Å². The number of nitrogens with one attached hydrogen (secondary N) is 4. The molecule has 0 aliphatic carbocycles. The minimum Gasteiger partial charge on any atom is -0.481 e. The Morgan fingerprint density at radius 3 is 2.00 bits per heavy atom. The number of para-hydroxylation sites is 1. The lowest BCUT2D eigenvalue weighted by Crippen LogP contribution is -2.58. The second kappa shape index (κ2) is 15.0. The molecule has 1 heterocycles. The number of carbonyl (C=O) groups is 5. The smallest absolute Gasteiger partial charge is 0.326 e. The standard InChI is InChI=1S/C28H41N5O7/c1-15(2)11-19(29)25(36)32-23(13-17-14-30-20-8-6-5-7-18(17)20)27(38)33-22(12-16(3)4)26(37)31-21(28(39)40)9-10-24(34)35/h5-8,14-16,19,21-23,30H,9-13,29H2,1-4H3,(H,31,37)(H,32,36)(H,33,38)(H,34,35)(H,39,40). The molecule has 3 amide bonds. The van der Waals surface area contributed by atoms with Gasteiger partial charge in [-0.25, -0.2) is 4.79 Å². The van der Waals surface area contributed by atoms with E-state index in [1.807, 2.05) is 52.0 Å². The van der Waals surface area contributed by atoms with Gasteiger partial charge in [-0.3, -0.25) is 19.2 Å². The minimum absolute atomic E-state index is 0.0560. The third kappa shape index (κ3) is 9.99. The lowest BCUT2D eigenvalue weighted by atomic mass is 9.99. The summed E-state index contributed by atoms with van der Waals surface area (Å²) in [5.41, 5.74) is 7.70. The molecule has 0 aliphatic rings. The van der Waals surface area contributed by atoms with Gasteiger partial charge in [-0.15, -0.1) is 0 Å². The van der Waals surface area contributed by atoms with Gasteiger partial charge in [0.2, 0.25) is 17.7 Å². The molecule has 8 N–H and O–H groups in total. The highest BCUT2D eigenvalue weighted by molar-refractivity contribution is 5.95. The van der Waals surface area contributed by atoms with Crippen LogP contribution in [0.5, 0.6) is 0 Å². The summed E-state index contributed by atoms with van der Waals surface area (Å²) in [5.74, 6) is -4.37. The van der Waals surface area contributed by atoms with Gasteiger partial charge < -0.3 is 36.9 Å². The number of H-pyrrole nitrogens is 1. The van der Waals surface area contributed by atoms with Gasteiger partial charge in [0.1, 0.15) is 18.1 Å². The molecule has 0 saturated heterocycles. The molecule has 1 aromatic heterocycles. The lowest BCUT2D eigenvalue weighted by Gasteiger charge is -2.26. The Bertz CT molecular complexity index is 1190. The van der Waals surface area contributed by atoms with Crippen molar-refractivity contribution in [2.75, 3.05) is 0 Å². The van der Waals surface area contributed by atoms with Crippen LogP contribution in [0.25, 0.3) is 10.9 Å². The van der Waals surface area contributed by atoms with Gasteiger partial charge in [-0.1, -0.05) is 45.9 Å². The SMILES string of the molecule is CC(C)CC(N)C(=O)NC(Cc1c[nH]c2ccccc12)C(=O)NC(CC(C)C)C(=O)NC(CCC(=O)O)C(=O)O. The Kier molecular flexibility index (Phi) is 12.1. The van der Waals surface area contributed by atoms with E-state index in [9.17, 15) is 29.1 Å². The number of hydrogen-bond donors (Lipinski definition) is 7. The van der Waals surface area contributed by atoms with Crippen LogP contribution in [0.2, 0.25) is 0 Å². The Morgan fingerprint density at radius 2 is 1.40 bits per heavy atom. The zero-order chi connectivity index (χ0) is 30.0. The van der Waals surface area contributed by atoms with Crippen molar-refractivity contribution in [2.45, 2.75) is 84.0 Å². The fourth-order valence-electron chi connectivity index (χ4n) is 4.40. The summed E-state index contributed by atoms with van der Waals surface area (Å²) in [4.78, 5) is 65.2. The van der Waals surface area contributed by atoms with Crippen LogP contribution < -0.4 is 21.7 Å². The second-order valence-corrected chi connectivity index (χ2v) is 10.9. The van der Waals surface area contributed by atoms with Crippen LogP contribution in [-0.4, -0.2) is 69.0 Å². The molecule has 0 aliphatic heterocycles. The topological polar surface area (TPSA) is 204 Å². The molecule has 220 valence electrons. The molecule has 4 atom stereocenters. The second-order valence-electron chi connectivity index (χ2n) is 10.9. The molecule has 1 aromatic carbocycles. The van der Waals surface area contributed by atoms with E-state index < -0.39 is 60.2 Å². The summed E-state index contributed by atoms with van der Waals surface area (Å²) in [6.07, 6.45) is 1.70. The number of hydrogen-bond acceptors (Lipinski definition) is 6. The number of aliphatic carboxylic acids is 2. The lowest BCUT2D eigenvalue weighted by molar-refractivity contribution is -0.143. The Morgan fingerprint density at radius 1 is 0.825 bits per heavy atom. The number of aromatic nitrogens is 1. The summed E-state index contributed by atoms with van der Waals surface area (Å²) in [6, 6.07) is 3.04. The third-order valence-electron chi connectivity index (χ3n) is 6.40. The first kappa shape index (κ1) is 32.3. The monoisotopic (exact) mass is 559 g/mol. The van der Waals surface area contributed by atoms with Crippen LogP contribution in [0.15, 0.2) is 30.5 Å². The van der Waals surface area contributed by atoms with Crippen molar-refractivity contribution in [3.8, 4) is 0 Å². The maximum atomic E-state index is 13.6. The van der Waals surface area contributed by atoms with Gasteiger partial charge in [-0.2, -0.15) is 0 Å². The number of aromatic amines is 1. The van der Waals surface area contributed by atoms with Gasteiger partial charge in [0.05, 0.1) is 6.04 Å². The molecule has 0 fully saturated rings. The Balaban J connectivity index is 2.29. The highest BCUT2D eigenvalue weighted by Crippen LogP contribution is 2.19. The normalized spacial score (nSPS) is 14.4. The fraction of sp³-hybridized carbons (Fsp3) is 0.536. The largest absolute Gasteiger partial charge is 0.481 e. The summed E-state index contributed by atoms with van der Waals surface area (Å²) >= 11 is 0. The molecular formula is C28H41N5O7. The number of rotatable bonds is 16. The molecule has 0 saturated carbocycles. The molecule has 2 rings (SSSR count). The minimum atomic E-state index is -1.44. The molecule has 0 radical (unpaired) electrons. The first-order valence-electron chi connectivity index (χ1n) is 13.4. The summed E-state index contributed by atoms with van der Waals surface area (Å²) < 4.78 is 0. The van der Waals surface area contributed by atoms with Gasteiger partial charge in [0.25, 0.3) is 0 Å². The number of fused-ring (bicyclic) bond motifs is 1. The molecule has 0 bridgehead atoms. The maximum Gasteiger partial charge on any atom is 0.326 e. The van der Waals surface area contributed by atoms with Crippen molar-refractivity contribution < 1.29 is 34.2 Å². The van der Waals surface area contributed by atoms with E-state index in [4.69, 9.17) is 10.8 Å². The zero-order valence-corrected chi connectivity index (χ0v) is 23.4. The van der Waals surface area contributed by atoms with Gasteiger partial charge in [-0.05, 0) is 42.7 Å². The van der Waals surface area contributed by atoms with E-state index in [2.05, 4.69) is 20.9 Å². The van der Waals surface area contributed by atoms with Crippen molar-refractivity contribution in [2.24, 2.45) is 17.6 Å². The van der Waals surface area contributed by atoms with E-state index in [1.165, 1.54) is 0 Å². The van der Waals surface area contributed by atoms with Crippen molar-refractivity contribution in [1.29, 1.82) is 0 Å². The van der Waals surface area contributed by atoms with E-state index in [0.717, 1.165) is 16.5 Å². The van der Waals surface area contributed by atoms with Crippen molar-refractivity contribution in [3.63, 3.8) is 0 Å². The number of carboxylic acid groups (broad SMARTS) is 2. The van der Waals surface area contributed by atoms with Crippen LogP contribution in [0.4, 0.5) is 0 Å². The predicted octanol–water partition coefficient (Wildman–Crippen LogP) is 1.53. The summed E-state index contributed by atoms with van der Waals surface area (Å²) in [7, 11) is 0. The Labute approximate surface area is 233 Å². The van der Waals surface area contributed by atoms with Crippen LogP contribution >= 0.6 is 0 Å². The molecule has 0 spiro atoms. The average molecular weight is 560 g/mol. The summed E-state index contributed by atoms with van der Waals surface area (Å²) in [5, 5.41) is 27.0. The summed E-state index contributed by atoms with van der Waals surface area (Å²) in [6.45, 7) is 7.53. The van der Waals surface area contributed by atoms with E-state index >= 15 is 0 Å². The van der Waals surface area contributed by atoms with Gasteiger partial charge in [0.15, 0.2) is 0 Å². The number of carbonyl (C=O) groups excluding carboxylic acids is 3. The predicted molar refractivity (Wildman–Crippen MR) is 149 cm³/mol. The number of amides is 3. The third-order valence-corrected chi connectivity index (χ3v) is 6.40. The van der Waals surface area contributed by atoms with Gasteiger partial charge in [0, 0.05) is 29.9 Å². The molecule has 2 aromatic rings.